The molecule has 5 heteroatoms. The second-order valence-electron chi connectivity index (χ2n) is 6.86. The fourth-order valence-electron chi connectivity index (χ4n) is 3.08. The van der Waals surface area contributed by atoms with Gasteiger partial charge >= 0.3 is 0 Å². The van der Waals surface area contributed by atoms with Crippen molar-refractivity contribution in [3.05, 3.63) is 95.6 Å². The molecule has 0 spiro atoms. The SMILES string of the molecule is C/C=C(\N=C(C)c1ccc(OC)cc1)c1cccc(NC(=O)c2ccc(OC)cc2)c1. The van der Waals surface area contributed by atoms with E-state index in [4.69, 9.17) is 14.5 Å². The van der Waals surface area contributed by atoms with E-state index in [2.05, 4.69) is 5.32 Å². The summed E-state index contributed by atoms with van der Waals surface area (Å²) in [4.78, 5) is 17.4. The fourth-order valence-corrected chi connectivity index (χ4v) is 3.08. The Morgan fingerprint density at radius 3 is 1.97 bits per heavy atom. The molecule has 1 amide bonds. The first-order chi connectivity index (χ1) is 15.0. The summed E-state index contributed by atoms with van der Waals surface area (Å²) in [6, 6.07) is 22.4. The molecule has 0 aliphatic rings. The number of nitrogens with one attached hydrogen (secondary N) is 1. The maximum absolute atomic E-state index is 12.6. The summed E-state index contributed by atoms with van der Waals surface area (Å²) >= 11 is 0. The summed E-state index contributed by atoms with van der Waals surface area (Å²) < 4.78 is 10.4. The van der Waals surface area contributed by atoms with Crippen molar-refractivity contribution >= 4 is 23.0 Å². The summed E-state index contributed by atoms with van der Waals surface area (Å²) in [5, 5.41) is 2.94. The summed E-state index contributed by atoms with van der Waals surface area (Å²) in [6.07, 6.45) is 1.96. The van der Waals surface area contributed by atoms with E-state index in [1.165, 1.54) is 0 Å². The summed E-state index contributed by atoms with van der Waals surface area (Å²) in [7, 11) is 3.24. The van der Waals surface area contributed by atoms with Crippen LogP contribution in [0, 0.1) is 0 Å². The maximum atomic E-state index is 12.6. The molecule has 0 atom stereocenters. The van der Waals surface area contributed by atoms with Crippen molar-refractivity contribution in [3.63, 3.8) is 0 Å². The molecule has 0 unspecified atom stereocenters. The molecule has 0 aromatic heterocycles. The highest BCUT2D eigenvalue weighted by atomic mass is 16.5. The monoisotopic (exact) mass is 414 g/mol. The topological polar surface area (TPSA) is 59.9 Å². The molecular formula is C26H26N2O3. The van der Waals surface area contributed by atoms with E-state index in [9.17, 15) is 4.79 Å². The van der Waals surface area contributed by atoms with Crippen LogP contribution in [0.1, 0.15) is 35.3 Å². The van der Waals surface area contributed by atoms with Crippen molar-refractivity contribution < 1.29 is 14.3 Å². The average Bonchev–Trinajstić information content (AvgIpc) is 2.82. The van der Waals surface area contributed by atoms with Gasteiger partial charge < -0.3 is 14.8 Å². The molecule has 158 valence electrons. The van der Waals surface area contributed by atoms with Crippen LogP contribution in [0.15, 0.2) is 83.9 Å². The zero-order valence-corrected chi connectivity index (χ0v) is 18.2. The van der Waals surface area contributed by atoms with Crippen LogP contribution in [0.25, 0.3) is 5.70 Å². The Labute approximate surface area is 183 Å². The van der Waals surface area contributed by atoms with Gasteiger partial charge in [0.1, 0.15) is 11.5 Å². The lowest BCUT2D eigenvalue weighted by Gasteiger charge is -2.10. The number of aliphatic imine (C=N–C) groups is 1. The van der Waals surface area contributed by atoms with Crippen molar-refractivity contribution in [1.29, 1.82) is 0 Å². The van der Waals surface area contributed by atoms with Crippen LogP contribution in [0.3, 0.4) is 0 Å². The van der Waals surface area contributed by atoms with Crippen LogP contribution < -0.4 is 14.8 Å². The van der Waals surface area contributed by atoms with Gasteiger partial charge in [0.25, 0.3) is 5.91 Å². The van der Waals surface area contributed by atoms with Crippen LogP contribution in [-0.2, 0) is 0 Å². The first kappa shape index (κ1) is 21.8. The molecule has 3 aromatic carbocycles. The average molecular weight is 415 g/mol. The van der Waals surface area contributed by atoms with Crippen LogP contribution in [-0.4, -0.2) is 25.8 Å². The van der Waals surface area contributed by atoms with Crippen molar-refractivity contribution in [2.75, 3.05) is 19.5 Å². The molecule has 0 bridgehead atoms. The van der Waals surface area contributed by atoms with E-state index in [0.29, 0.717) is 17.0 Å². The molecule has 0 aliphatic carbocycles. The lowest BCUT2D eigenvalue weighted by molar-refractivity contribution is 0.102. The molecule has 3 rings (SSSR count). The number of hydrogen-bond acceptors (Lipinski definition) is 4. The van der Waals surface area contributed by atoms with Crippen molar-refractivity contribution in [2.45, 2.75) is 13.8 Å². The number of benzene rings is 3. The Balaban J connectivity index is 1.78. The quantitative estimate of drug-likeness (QED) is 0.495. The van der Waals surface area contributed by atoms with Gasteiger partial charge in [-0.1, -0.05) is 18.2 Å². The predicted octanol–water partition coefficient (Wildman–Crippen LogP) is 5.83. The summed E-state index contributed by atoms with van der Waals surface area (Å²) in [5.41, 5.74) is 4.92. The zero-order chi connectivity index (χ0) is 22.2. The number of hydrogen-bond donors (Lipinski definition) is 1. The van der Waals surface area contributed by atoms with Gasteiger partial charge in [0.05, 0.1) is 19.9 Å². The van der Waals surface area contributed by atoms with Crippen molar-refractivity contribution in [3.8, 4) is 11.5 Å². The number of anilines is 1. The van der Waals surface area contributed by atoms with Gasteiger partial charge in [-0.15, -0.1) is 0 Å². The molecule has 5 nitrogen and oxygen atoms in total. The van der Waals surface area contributed by atoms with Gasteiger partial charge in [0.15, 0.2) is 0 Å². The zero-order valence-electron chi connectivity index (χ0n) is 18.2. The van der Waals surface area contributed by atoms with Gasteiger partial charge in [-0.2, -0.15) is 0 Å². The van der Waals surface area contributed by atoms with E-state index < -0.39 is 0 Å². The normalized spacial score (nSPS) is 11.7. The molecular weight excluding hydrogens is 388 g/mol. The summed E-state index contributed by atoms with van der Waals surface area (Å²) in [6.45, 7) is 3.92. The highest BCUT2D eigenvalue weighted by Gasteiger charge is 2.08. The first-order valence-electron chi connectivity index (χ1n) is 9.96. The van der Waals surface area contributed by atoms with Crippen molar-refractivity contribution in [1.82, 2.24) is 0 Å². The van der Waals surface area contributed by atoms with Crippen molar-refractivity contribution in [2.24, 2.45) is 4.99 Å². The molecule has 0 saturated carbocycles. The molecule has 0 radical (unpaired) electrons. The number of amides is 1. The van der Waals surface area contributed by atoms with Gasteiger partial charge in [0, 0.05) is 22.5 Å². The Morgan fingerprint density at radius 1 is 0.839 bits per heavy atom. The smallest absolute Gasteiger partial charge is 0.255 e. The third-order valence-corrected chi connectivity index (χ3v) is 4.84. The Morgan fingerprint density at radius 2 is 1.42 bits per heavy atom. The number of rotatable bonds is 7. The maximum Gasteiger partial charge on any atom is 0.255 e. The molecule has 0 fully saturated rings. The van der Waals surface area contributed by atoms with Crippen LogP contribution in [0.2, 0.25) is 0 Å². The number of carbonyl (C=O) groups is 1. The molecule has 31 heavy (non-hydrogen) atoms. The number of nitrogens with zero attached hydrogens (tertiary/aromatic N) is 1. The number of carbonyl (C=O) groups excluding carboxylic acids is 1. The summed E-state index contributed by atoms with van der Waals surface area (Å²) in [5.74, 6) is 1.34. The molecule has 0 heterocycles. The Hall–Kier alpha value is -3.86. The number of methoxy groups -OCH3 is 2. The van der Waals surface area contributed by atoms with E-state index in [0.717, 1.165) is 28.3 Å². The number of ether oxygens (including phenoxy) is 2. The molecule has 0 saturated heterocycles. The lowest BCUT2D eigenvalue weighted by Crippen LogP contribution is -2.11. The Kier molecular flexibility index (Phi) is 7.22. The van der Waals surface area contributed by atoms with Gasteiger partial charge in [-0.3, -0.25) is 9.79 Å². The van der Waals surface area contributed by atoms with Gasteiger partial charge in [0.2, 0.25) is 0 Å². The standard InChI is InChI=1S/C26H26N2O3/c1-5-25(27-18(2)19-9-13-23(30-3)14-10-19)21-7-6-8-22(17-21)28-26(29)20-11-15-24(31-4)16-12-20/h5-17H,1-4H3,(H,28,29)/b25-5-,27-18?. The van der Waals surface area contributed by atoms with Crippen LogP contribution in [0.5, 0.6) is 11.5 Å². The minimum atomic E-state index is -0.181. The minimum Gasteiger partial charge on any atom is -0.497 e. The highest BCUT2D eigenvalue weighted by molar-refractivity contribution is 6.05. The largest absolute Gasteiger partial charge is 0.497 e. The minimum absolute atomic E-state index is 0.181. The van der Waals surface area contributed by atoms with E-state index in [1.807, 2.05) is 68.5 Å². The second kappa shape index (κ2) is 10.3. The molecule has 1 N–H and O–H groups in total. The Bertz CT molecular complexity index is 1100. The lowest BCUT2D eigenvalue weighted by atomic mass is 10.1. The molecule has 3 aromatic rings. The van der Waals surface area contributed by atoms with Crippen LogP contribution in [0.4, 0.5) is 5.69 Å². The second-order valence-corrected chi connectivity index (χ2v) is 6.86. The highest BCUT2D eigenvalue weighted by Crippen LogP contribution is 2.22. The van der Waals surface area contributed by atoms with E-state index in [-0.39, 0.29) is 5.91 Å². The van der Waals surface area contributed by atoms with Gasteiger partial charge in [-0.05, 0) is 80.1 Å². The molecule has 0 aliphatic heterocycles. The van der Waals surface area contributed by atoms with Gasteiger partial charge in [-0.25, -0.2) is 0 Å². The predicted molar refractivity (Wildman–Crippen MR) is 126 cm³/mol. The third-order valence-electron chi connectivity index (χ3n) is 4.84. The third kappa shape index (κ3) is 5.60. The number of allylic oxidation sites excluding steroid dienone is 1. The van der Waals surface area contributed by atoms with E-state index >= 15 is 0 Å². The van der Waals surface area contributed by atoms with Crippen LogP contribution >= 0.6 is 0 Å². The first-order valence-corrected chi connectivity index (χ1v) is 9.96. The van der Waals surface area contributed by atoms with E-state index in [1.54, 1.807) is 38.5 Å². The fraction of sp³-hybridized carbons (Fsp3) is 0.154.